The van der Waals surface area contributed by atoms with Gasteiger partial charge in [0, 0.05) is 5.57 Å². The lowest BCUT2D eigenvalue weighted by molar-refractivity contribution is -0.115. The van der Waals surface area contributed by atoms with Crippen molar-refractivity contribution in [3.8, 4) is 0 Å². The Kier molecular flexibility index (Phi) is 6.49. The molecule has 2 N–H and O–H groups in total. The number of carbonyl (C=O) groups is 1. The number of allylic oxidation sites excluding steroid dienone is 1. The molecule has 1 fully saturated rings. The van der Waals surface area contributed by atoms with E-state index in [-0.39, 0.29) is 11.8 Å². The van der Waals surface area contributed by atoms with Crippen LogP contribution in [0.5, 0.6) is 0 Å². The summed E-state index contributed by atoms with van der Waals surface area (Å²) in [5.74, 6) is 3.02. The van der Waals surface area contributed by atoms with Crippen LogP contribution in [0.15, 0.2) is 11.1 Å². The molecule has 1 saturated carbocycles. The zero-order valence-electron chi connectivity index (χ0n) is 15.1. The van der Waals surface area contributed by atoms with Gasteiger partial charge < -0.3 is 5.73 Å². The van der Waals surface area contributed by atoms with Crippen molar-refractivity contribution in [2.24, 2.45) is 41.2 Å². The van der Waals surface area contributed by atoms with Crippen LogP contribution in [0.3, 0.4) is 0 Å². The van der Waals surface area contributed by atoms with Crippen LogP contribution in [0.2, 0.25) is 0 Å². The monoisotopic (exact) mass is 293 g/mol. The summed E-state index contributed by atoms with van der Waals surface area (Å²) in [6.07, 6.45) is 3.81. The smallest absolute Gasteiger partial charge is 0.244 e. The van der Waals surface area contributed by atoms with E-state index in [9.17, 15) is 4.79 Å². The molecule has 1 rings (SSSR count). The van der Waals surface area contributed by atoms with E-state index in [0.717, 1.165) is 11.5 Å². The van der Waals surface area contributed by atoms with Crippen molar-refractivity contribution in [2.75, 3.05) is 0 Å². The van der Waals surface area contributed by atoms with Gasteiger partial charge in [-0.25, -0.2) is 0 Å². The quantitative estimate of drug-likeness (QED) is 0.728. The second-order valence-electron chi connectivity index (χ2n) is 7.98. The van der Waals surface area contributed by atoms with Gasteiger partial charge in [-0.15, -0.1) is 0 Å². The maximum absolute atomic E-state index is 12.1. The number of nitrogens with two attached hydrogens (primary N) is 1. The van der Waals surface area contributed by atoms with Crippen LogP contribution in [0.1, 0.15) is 67.7 Å². The molecular formula is C19H35NO. The first-order valence-corrected chi connectivity index (χ1v) is 8.70. The molecule has 0 aromatic heterocycles. The van der Waals surface area contributed by atoms with Gasteiger partial charge in [0.25, 0.3) is 0 Å². The van der Waals surface area contributed by atoms with Gasteiger partial charge >= 0.3 is 0 Å². The highest BCUT2D eigenvalue weighted by Crippen LogP contribution is 2.45. The molecule has 3 atom stereocenters. The lowest BCUT2D eigenvalue weighted by Crippen LogP contribution is -2.33. The van der Waals surface area contributed by atoms with Crippen LogP contribution in [0.4, 0.5) is 0 Å². The van der Waals surface area contributed by atoms with Gasteiger partial charge in [0.2, 0.25) is 5.91 Å². The maximum Gasteiger partial charge on any atom is 0.244 e. The van der Waals surface area contributed by atoms with Crippen molar-refractivity contribution in [1.29, 1.82) is 0 Å². The highest BCUT2D eigenvalue weighted by atomic mass is 16.1. The lowest BCUT2D eigenvalue weighted by atomic mass is 9.64. The fraction of sp³-hybridized carbons (Fsp3) is 0.842. The number of hydrogen-bond acceptors (Lipinski definition) is 1. The third kappa shape index (κ3) is 4.34. The average molecular weight is 293 g/mol. The lowest BCUT2D eigenvalue weighted by Gasteiger charge is -2.41. The SMILES string of the molecule is CC1CCC(C(C)C)C(C(=C(C(N)=O)C(C)C)C(C)C)C1. The second-order valence-corrected chi connectivity index (χ2v) is 7.98. The molecule has 1 amide bonds. The number of carbonyl (C=O) groups excluding carboxylic acids is 1. The van der Waals surface area contributed by atoms with Crippen LogP contribution in [0, 0.1) is 35.5 Å². The first-order chi connectivity index (χ1) is 9.66. The summed E-state index contributed by atoms with van der Waals surface area (Å²) in [6, 6.07) is 0. The fourth-order valence-electron chi connectivity index (χ4n) is 4.26. The Balaban J connectivity index is 3.35. The molecule has 2 nitrogen and oxygen atoms in total. The van der Waals surface area contributed by atoms with Crippen LogP contribution >= 0.6 is 0 Å². The van der Waals surface area contributed by atoms with Crippen LogP contribution in [-0.4, -0.2) is 5.91 Å². The topological polar surface area (TPSA) is 43.1 Å². The molecule has 0 bridgehead atoms. The summed E-state index contributed by atoms with van der Waals surface area (Å²) in [5, 5.41) is 0. The van der Waals surface area contributed by atoms with Crippen molar-refractivity contribution < 1.29 is 4.79 Å². The molecular weight excluding hydrogens is 258 g/mol. The van der Waals surface area contributed by atoms with Gasteiger partial charge in [0.15, 0.2) is 0 Å². The molecule has 2 heteroatoms. The fourth-order valence-corrected chi connectivity index (χ4v) is 4.26. The molecule has 3 unspecified atom stereocenters. The largest absolute Gasteiger partial charge is 0.366 e. The third-order valence-corrected chi connectivity index (χ3v) is 5.20. The van der Waals surface area contributed by atoms with Gasteiger partial charge in [0.1, 0.15) is 0 Å². The zero-order valence-corrected chi connectivity index (χ0v) is 15.1. The van der Waals surface area contributed by atoms with Crippen molar-refractivity contribution in [3.63, 3.8) is 0 Å². The van der Waals surface area contributed by atoms with E-state index < -0.39 is 0 Å². The van der Waals surface area contributed by atoms with Crippen molar-refractivity contribution in [1.82, 2.24) is 0 Å². The van der Waals surface area contributed by atoms with Gasteiger partial charge in [-0.3, -0.25) is 4.79 Å². The van der Waals surface area contributed by atoms with E-state index in [1.807, 2.05) is 0 Å². The van der Waals surface area contributed by atoms with Crippen LogP contribution in [-0.2, 0) is 4.79 Å². The van der Waals surface area contributed by atoms with E-state index in [4.69, 9.17) is 5.73 Å². The summed E-state index contributed by atoms with van der Waals surface area (Å²) < 4.78 is 0. The first kappa shape index (κ1) is 18.3. The maximum atomic E-state index is 12.1. The summed E-state index contributed by atoms with van der Waals surface area (Å²) in [7, 11) is 0. The normalized spacial score (nSPS) is 28.2. The number of rotatable bonds is 5. The molecule has 0 heterocycles. The zero-order chi connectivity index (χ0) is 16.3. The minimum absolute atomic E-state index is 0.213. The van der Waals surface area contributed by atoms with Crippen molar-refractivity contribution in [3.05, 3.63) is 11.1 Å². The first-order valence-electron chi connectivity index (χ1n) is 8.70. The Bertz CT molecular complexity index is 392. The molecule has 122 valence electrons. The molecule has 21 heavy (non-hydrogen) atoms. The van der Waals surface area contributed by atoms with Crippen LogP contribution in [0.25, 0.3) is 0 Å². The Morgan fingerprint density at radius 2 is 1.57 bits per heavy atom. The predicted octanol–water partition coefficient (Wildman–Crippen LogP) is 4.79. The summed E-state index contributed by atoms with van der Waals surface area (Å²) in [4.78, 5) is 12.1. The minimum atomic E-state index is -0.213. The summed E-state index contributed by atoms with van der Waals surface area (Å²) in [6.45, 7) is 15.6. The highest BCUT2D eigenvalue weighted by Gasteiger charge is 2.36. The van der Waals surface area contributed by atoms with E-state index in [0.29, 0.717) is 23.7 Å². The summed E-state index contributed by atoms with van der Waals surface area (Å²) in [5.41, 5.74) is 7.99. The standard InChI is InChI=1S/C19H35NO/c1-11(2)15-9-8-14(7)10-16(15)17(12(3)4)18(13(5)6)19(20)21/h11-16H,8-10H2,1-7H3,(H2,20,21). The summed E-state index contributed by atoms with van der Waals surface area (Å²) >= 11 is 0. The predicted molar refractivity (Wildman–Crippen MR) is 90.7 cm³/mol. The molecule has 0 aromatic carbocycles. The minimum Gasteiger partial charge on any atom is -0.366 e. The van der Waals surface area contributed by atoms with E-state index in [2.05, 4.69) is 48.5 Å². The molecule has 1 aliphatic rings. The molecule has 0 saturated heterocycles. The average Bonchev–Trinajstić information content (AvgIpc) is 2.33. The van der Waals surface area contributed by atoms with E-state index in [1.54, 1.807) is 0 Å². The molecule has 0 spiro atoms. The Hall–Kier alpha value is -0.790. The number of primary amides is 1. The second kappa shape index (κ2) is 7.47. The van der Waals surface area contributed by atoms with Gasteiger partial charge in [0.05, 0.1) is 0 Å². The molecule has 1 aliphatic carbocycles. The highest BCUT2D eigenvalue weighted by molar-refractivity contribution is 5.93. The van der Waals surface area contributed by atoms with E-state index in [1.165, 1.54) is 24.8 Å². The Morgan fingerprint density at radius 1 is 1.00 bits per heavy atom. The molecule has 0 radical (unpaired) electrons. The third-order valence-electron chi connectivity index (χ3n) is 5.20. The van der Waals surface area contributed by atoms with E-state index >= 15 is 0 Å². The Morgan fingerprint density at radius 3 is 1.95 bits per heavy atom. The number of amides is 1. The van der Waals surface area contributed by atoms with Crippen LogP contribution < -0.4 is 5.73 Å². The number of hydrogen-bond donors (Lipinski definition) is 1. The van der Waals surface area contributed by atoms with Gasteiger partial charge in [-0.2, -0.15) is 0 Å². The van der Waals surface area contributed by atoms with Gasteiger partial charge in [-0.1, -0.05) is 60.5 Å². The van der Waals surface area contributed by atoms with Crippen molar-refractivity contribution in [2.45, 2.75) is 67.7 Å². The van der Waals surface area contributed by atoms with Crippen molar-refractivity contribution >= 4 is 5.91 Å². The molecule has 0 aromatic rings. The Labute approximate surface area is 131 Å². The molecule has 0 aliphatic heterocycles. The van der Waals surface area contributed by atoms with Gasteiger partial charge in [-0.05, 0) is 48.3 Å².